The first-order valence-electron chi connectivity index (χ1n) is 15.4. The van der Waals surface area contributed by atoms with Crippen molar-refractivity contribution >= 4 is 39.1 Å². The molecule has 6 heteroatoms. The number of anilines is 3. The summed E-state index contributed by atoms with van der Waals surface area (Å²) in [6, 6.07) is 30.6. The van der Waals surface area contributed by atoms with Gasteiger partial charge >= 0.3 is 255 Å². The monoisotopic (exact) mass is 680 g/mol. The summed E-state index contributed by atoms with van der Waals surface area (Å²) < 4.78 is 47.3. The zero-order valence-corrected chi connectivity index (χ0v) is 28.0. The Morgan fingerprint density at radius 3 is 1.60 bits per heavy atom. The van der Waals surface area contributed by atoms with Crippen molar-refractivity contribution in [2.45, 2.75) is 78.8 Å². The first kappa shape index (κ1) is 32.1. The third-order valence-corrected chi connectivity index (χ3v) is 23.2. The summed E-state index contributed by atoms with van der Waals surface area (Å²) in [7, 11) is 0. The van der Waals surface area contributed by atoms with Gasteiger partial charge in [0, 0.05) is 0 Å². The molecule has 4 rings (SSSR count). The molecule has 0 aliphatic rings. The van der Waals surface area contributed by atoms with Gasteiger partial charge in [0.25, 0.3) is 0 Å². The van der Waals surface area contributed by atoms with Crippen LogP contribution in [0.3, 0.4) is 0 Å². The molecule has 42 heavy (non-hydrogen) atoms. The molecule has 222 valence electrons. The van der Waals surface area contributed by atoms with Crippen molar-refractivity contribution in [1.29, 1.82) is 0 Å². The Bertz CT molecular complexity index is 1330. The Morgan fingerprint density at radius 1 is 0.619 bits per heavy atom. The summed E-state index contributed by atoms with van der Waals surface area (Å²) in [6.45, 7) is 6.54. The van der Waals surface area contributed by atoms with Crippen molar-refractivity contribution in [3.05, 3.63) is 103 Å². The summed E-state index contributed by atoms with van der Waals surface area (Å²) in [5, 5.41) is 0. The number of halogens is 3. The number of hydrogen-bond acceptors (Lipinski definition) is 2. The van der Waals surface area contributed by atoms with Crippen LogP contribution in [0.15, 0.2) is 97.1 Å². The van der Waals surface area contributed by atoms with Gasteiger partial charge in [0.1, 0.15) is 0 Å². The summed E-state index contributed by atoms with van der Waals surface area (Å²) in [5.74, 6) is 0. The molecule has 0 atom stereocenters. The molecule has 1 heterocycles. The predicted molar refractivity (Wildman–Crippen MR) is 174 cm³/mol. The Labute approximate surface area is 253 Å². The SMILES string of the molecule is CCC[CH2][Sn]([CH2]CCC)([CH2]CCC)[c]1cc(C(F)(F)F)cc(-c2cccc(N(c3ccccc3)c3ccccc3)c2)n1. The molecule has 0 saturated heterocycles. The maximum atomic E-state index is 14.4. The second-order valence-corrected chi connectivity index (χ2v) is 24.3. The normalized spacial score (nSPS) is 12.0. The Morgan fingerprint density at radius 2 is 1.12 bits per heavy atom. The van der Waals surface area contributed by atoms with E-state index in [4.69, 9.17) is 4.98 Å². The number of para-hydroxylation sites is 2. The van der Waals surface area contributed by atoms with Gasteiger partial charge in [0.15, 0.2) is 0 Å². The zero-order chi connectivity index (χ0) is 30.0. The number of rotatable bonds is 14. The molecule has 0 aliphatic carbocycles. The molecule has 0 amide bonds. The van der Waals surface area contributed by atoms with Gasteiger partial charge in [-0.3, -0.25) is 0 Å². The van der Waals surface area contributed by atoms with Gasteiger partial charge < -0.3 is 0 Å². The molecule has 0 bridgehead atoms. The van der Waals surface area contributed by atoms with Crippen LogP contribution in [-0.2, 0) is 6.18 Å². The second kappa shape index (κ2) is 15.1. The van der Waals surface area contributed by atoms with Crippen LogP contribution in [0.25, 0.3) is 11.3 Å². The topological polar surface area (TPSA) is 16.1 Å². The van der Waals surface area contributed by atoms with E-state index in [0.717, 1.165) is 72.6 Å². The van der Waals surface area contributed by atoms with Gasteiger partial charge in [-0.1, -0.05) is 0 Å². The van der Waals surface area contributed by atoms with Crippen LogP contribution in [0.2, 0.25) is 13.3 Å². The molecule has 0 saturated carbocycles. The fourth-order valence-corrected chi connectivity index (χ4v) is 21.3. The molecule has 3 aromatic carbocycles. The third-order valence-electron chi connectivity index (χ3n) is 8.15. The van der Waals surface area contributed by atoms with E-state index in [1.54, 1.807) is 0 Å². The fraction of sp³-hybridized carbons (Fsp3) is 0.361. The van der Waals surface area contributed by atoms with Gasteiger partial charge in [-0.2, -0.15) is 0 Å². The van der Waals surface area contributed by atoms with Crippen LogP contribution < -0.4 is 8.61 Å². The van der Waals surface area contributed by atoms with Crippen molar-refractivity contribution in [2.24, 2.45) is 0 Å². The van der Waals surface area contributed by atoms with E-state index in [9.17, 15) is 13.2 Å². The number of benzene rings is 3. The molecule has 0 N–H and O–H groups in total. The molecular weight excluding hydrogens is 636 g/mol. The summed E-state index contributed by atoms with van der Waals surface area (Å²) in [6.07, 6.45) is 1.93. The molecule has 0 spiro atoms. The van der Waals surface area contributed by atoms with Crippen LogP contribution in [0.1, 0.15) is 64.9 Å². The maximum absolute atomic E-state index is 14.4. The fourth-order valence-electron chi connectivity index (χ4n) is 5.82. The van der Waals surface area contributed by atoms with Gasteiger partial charge in [0.05, 0.1) is 0 Å². The van der Waals surface area contributed by atoms with Crippen LogP contribution >= 0.6 is 0 Å². The Hall–Kier alpha value is -2.80. The molecular formula is C36H43F3N2Sn. The number of alkyl halides is 3. The zero-order valence-electron chi connectivity index (χ0n) is 25.1. The van der Waals surface area contributed by atoms with E-state index in [1.165, 1.54) is 12.1 Å². The van der Waals surface area contributed by atoms with Gasteiger partial charge in [0.2, 0.25) is 0 Å². The van der Waals surface area contributed by atoms with E-state index >= 15 is 0 Å². The molecule has 2 nitrogen and oxygen atoms in total. The Balaban J connectivity index is 1.89. The number of nitrogens with zero attached hydrogens (tertiary/aromatic N) is 2. The third kappa shape index (κ3) is 7.97. The summed E-state index contributed by atoms with van der Waals surface area (Å²) >= 11 is -3.25. The van der Waals surface area contributed by atoms with Crippen LogP contribution in [0.5, 0.6) is 0 Å². The minimum atomic E-state index is -4.43. The molecule has 1 aromatic heterocycles. The van der Waals surface area contributed by atoms with Gasteiger partial charge in [-0.25, -0.2) is 0 Å². The average Bonchev–Trinajstić information content (AvgIpc) is 3.01. The van der Waals surface area contributed by atoms with Crippen molar-refractivity contribution in [3.8, 4) is 11.3 Å². The Kier molecular flexibility index (Phi) is 11.5. The van der Waals surface area contributed by atoms with Crippen LogP contribution in [-0.4, -0.2) is 23.4 Å². The van der Waals surface area contributed by atoms with E-state index in [0.29, 0.717) is 11.3 Å². The number of hydrogen-bond donors (Lipinski definition) is 0. The summed E-state index contributed by atoms with van der Waals surface area (Å²) in [4.78, 5) is 7.30. The molecule has 0 fully saturated rings. The van der Waals surface area contributed by atoms with Crippen molar-refractivity contribution < 1.29 is 13.2 Å². The van der Waals surface area contributed by atoms with E-state index in [-0.39, 0.29) is 0 Å². The van der Waals surface area contributed by atoms with Crippen LogP contribution in [0.4, 0.5) is 30.2 Å². The number of unbranched alkanes of at least 4 members (excludes halogenated alkanes) is 3. The van der Waals surface area contributed by atoms with Gasteiger partial charge in [-0.15, -0.1) is 0 Å². The number of pyridine rings is 1. The van der Waals surface area contributed by atoms with Crippen LogP contribution in [0, 0.1) is 0 Å². The van der Waals surface area contributed by atoms with Crippen molar-refractivity contribution in [3.63, 3.8) is 0 Å². The molecule has 4 aromatic rings. The van der Waals surface area contributed by atoms with Gasteiger partial charge in [-0.05, 0) is 0 Å². The van der Waals surface area contributed by atoms with E-state index in [2.05, 4.69) is 25.7 Å². The molecule has 0 radical (unpaired) electrons. The summed E-state index contributed by atoms with van der Waals surface area (Å²) in [5.41, 5.74) is 3.40. The minimum absolute atomic E-state index is 0.424. The van der Waals surface area contributed by atoms with E-state index in [1.807, 2.05) is 84.9 Å². The molecule has 0 unspecified atom stereocenters. The quantitative estimate of drug-likeness (QED) is 0.123. The standard InChI is InChI=1S/C24H16F3N2.3C4H9.Sn/c25-24(26,27)19-14-15-28-23(17-19)18-8-7-13-22(16-18)29(20-9-3-1-4-10-20)21-11-5-2-6-12-21;3*1-3-4-2;/h1-14,16-17H;3*1,3-4H2,2H3;. The first-order chi connectivity index (χ1) is 20.3. The van der Waals surface area contributed by atoms with E-state index < -0.39 is 30.1 Å². The average molecular weight is 679 g/mol. The second-order valence-electron chi connectivity index (χ2n) is 11.3. The van der Waals surface area contributed by atoms with Crippen molar-refractivity contribution in [1.82, 2.24) is 4.98 Å². The number of aromatic nitrogens is 1. The molecule has 0 aliphatic heterocycles. The predicted octanol–water partition coefficient (Wildman–Crippen LogP) is 11.3. The van der Waals surface area contributed by atoms with Crippen molar-refractivity contribution in [2.75, 3.05) is 4.90 Å². The first-order valence-corrected chi connectivity index (χ1v) is 22.9.